The van der Waals surface area contributed by atoms with Crippen LogP contribution in [0.1, 0.15) is 48.3 Å². The van der Waals surface area contributed by atoms with Crippen LogP contribution in [0.3, 0.4) is 0 Å². The number of methoxy groups -OCH3 is 1. The number of nitrogens with zero attached hydrogens (tertiary/aromatic N) is 3. The molecule has 5 rings (SSSR count). The van der Waals surface area contributed by atoms with Crippen molar-refractivity contribution in [2.24, 2.45) is 7.05 Å². The van der Waals surface area contributed by atoms with Gasteiger partial charge in [0.2, 0.25) is 0 Å². The number of benzene rings is 2. The first kappa shape index (κ1) is 25.8. The van der Waals surface area contributed by atoms with E-state index in [1.165, 1.54) is 55.4 Å². The SMILES string of the molecule is COc1cccc(CC2c3cc(OCCCS(=O)(=O)c4cn(C)cn4)ccc3CCC2N2CCCC2)c1. The van der Waals surface area contributed by atoms with Crippen molar-refractivity contribution in [3.8, 4) is 11.5 Å². The smallest absolute Gasteiger partial charge is 0.197 e. The highest BCUT2D eigenvalue weighted by Gasteiger charge is 2.35. The van der Waals surface area contributed by atoms with Gasteiger partial charge in [0, 0.05) is 25.2 Å². The molecule has 0 amide bonds. The lowest BCUT2D eigenvalue weighted by Crippen LogP contribution is -2.41. The van der Waals surface area contributed by atoms with Crippen LogP contribution in [0.2, 0.25) is 0 Å². The molecule has 2 unspecified atom stereocenters. The second kappa shape index (κ2) is 11.3. The Morgan fingerprint density at radius 3 is 2.68 bits per heavy atom. The molecule has 1 saturated heterocycles. The average molecular weight is 524 g/mol. The summed E-state index contributed by atoms with van der Waals surface area (Å²) in [6.07, 6.45) is 9.23. The second-order valence-electron chi connectivity index (χ2n) is 10.3. The molecule has 1 aliphatic carbocycles. The molecular weight excluding hydrogens is 486 g/mol. The van der Waals surface area contributed by atoms with Crippen molar-refractivity contribution in [2.75, 3.05) is 32.6 Å². The van der Waals surface area contributed by atoms with Gasteiger partial charge in [-0.25, -0.2) is 13.4 Å². The third-order valence-corrected chi connectivity index (χ3v) is 9.39. The molecule has 2 aromatic carbocycles. The van der Waals surface area contributed by atoms with Crippen molar-refractivity contribution < 1.29 is 17.9 Å². The van der Waals surface area contributed by atoms with E-state index in [2.05, 4.69) is 40.2 Å². The summed E-state index contributed by atoms with van der Waals surface area (Å²) in [7, 11) is 0.0786. The van der Waals surface area contributed by atoms with Crippen LogP contribution in [-0.4, -0.2) is 61.5 Å². The van der Waals surface area contributed by atoms with E-state index >= 15 is 0 Å². The molecule has 0 spiro atoms. The molecule has 0 saturated carbocycles. The number of rotatable bonds is 10. The number of sulfone groups is 1. The number of hydrogen-bond acceptors (Lipinski definition) is 6. The van der Waals surface area contributed by atoms with Crippen molar-refractivity contribution in [2.45, 2.75) is 55.5 Å². The van der Waals surface area contributed by atoms with Crippen molar-refractivity contribution in [1.82, 2.24) is 14.5 Å². The first-order valence-electron chi connectivity index (χ1n) is 13.3. The van der Waals surface area contributed by atoms with Gasteiger partial charge in [0.1, 0.15) is 11.5 Å². The van der Waals surface area contributed by atoms with Crippen LogP contribution < -0.4 is 9.47 Å². The number of hydrogen-bond donors (Lipinski definition) is 0. The third kappa shape index (κ3) is 6.02. The number of ether oxygens (including phenoxy) is 2. The molecule has 2 heterocycles. The zero-order chi connectivity index (χ0) is 25.8. The fraction of sp³-hybridized carbons (Fsp3) is 0.483. The number of imidazole rings is 1. The fourth-order valence-corrected chi connectivity index (χ4v) is 7.09. The summed E-state index contributed by atoms with van der Waals surface area (Å²) in [6, 6.07) is 15.4. The fourth-order valence-electron chi connectivity index (χ4n) is 5.85. The molecule has 1 aromatic heterocycles. The van der Waals surface area contributed by atoms with E-state index in [-0.39, 0.29) is 10.8 Å². The largest absolute Gasteiger partial charge is 0.497 e. The monoisotopic (exact) mass is 523 g/mol. The van der Waals surface area contributed by atoms with Gasteiger partial charge in [-0.15, -0.1) is 0 Å². The zero-order valence-corrected chi connectivity index (χ0v) is 22.6. The quantitative estimate of drug-likeness (QED) is 0.367. The summed E-state index contributed by atoms with van der Waals surface area (Å²) in [5.41, 5.74) is 4.05. The topological polar surface area (TPSA) is 73.7 Å². The Morgan fingerprint density at radius 1 is 1.08 bits per heavy atom. The average Bonchev–Trinajstić information content (AvgIpc) is 3.60. The predicted octanol–water partition coefficient (Wildman–Crippen LogP) is 4.41. The first-order valence-corrected chi connectivity index (χ1v) is 14.9. The van der Waals surface area contributed by atoms with Crippen LogP contribution in [0.25, 0.3) is 0 Å². The van der Waals surface area contributed by atoms with E-state index in [0.717, 1.165) is 24.3 Å². The molecule has 37 heavy (non-hydrogen) atoms. The summed E-state index contributed by atoms with van der Waals surface area (Å²) < 4.78 is 38.3. The van der Waals surface area contributed by atoms with Gasteiger partial charge < -0.3 is 14.0 Å². The molecule has 2 aliphatic rings. The summed E-state index contributed by atoms with van der Waals surface area (Å²) >= 11 is 0. The van der Waals surface area contributed by atoms with Crippen molar-refractivity contribution in [1.29, 1.82) is 0 Å². The number of fused-ring (bicyclic) bond motifs is 1. The number of likely N-dealkylation sites (tertiary alicyclic amines) is 1. The molecule has 1 aliphatic heterocycles. The minimum absolute atomic E-state index is 0.0183. The number of aryl methyl sites for hydroxylation is 2. The maximum atomic E-state index is 12.5. The molecule has 198 valence electrons. The van der Waals surface area contributed by atoms with E-state index in [1.807, 2.05) is 12.1 Å². The van der Waals surface area contributed by atoms with Gasteiger partial charge in [-0.3, -0.25) is 4.90 Å². The molecule has 0 radical (unpaired) electrons. The summed E-state index contributed by atoms with van der Waals surface area (Å²) in [4.78, 5) is 6.67. The van der Waals surface area contributed by atoms with E-state index in [1.54, 1.807) is 24.9 Å². The van der Waals surface area contributed by atoms with Crippen LogP contribution >= 0.6 is 0 Å². The number of aromatic nitrogens is 2. The van der Waals surface area contributed by atoms with Crippen LogP contribution in [0.4, 0.5) is 0 Å². The summed E-state index contributed by atoms with van der Waals surface area (Å²) in [5.74, 6) is 2.10. The van der Waals surface area contributed by atoms with Gasteiger partial charge in [-0.1, -0.05) is 18.2 Å². The van der Waals surface area contributed by atoms with E-state index in [4.69, 9.17) is 9.47 Å². The van der Waals surface area contributed by atoms with E-state index in [9.17, 15) is 8.42 Å². The van der Waals surface area contributed by atoms with Crippen molar-refractivity contribution >= 4 is 9.84 Å². The Kier molecular flexibility index (Phi) is 7.86. The third-order valence-electron chi connectivity index (χ3n) is 7.72. The van der Waals surface area contributed by atoms with Crippen LogP contribution in [0, 0.1) is 0 Å². The minimum atomic E-state index is -3.40. The maximum Gasteiger partial charge on any atom is 0.197 e. The Hall–Kier alpha value is -2.84. The van der Waals surface area contributed by atoms with Crippen molar-refractivity contribution in [3.63, 3.8) is 0 Å². The highest BCUT2D eigenvalue weighted by molar-refractivity contribution is 7.91. The second-order valence-corrected chi connectivity index (χ2v) is 12.3. The van der Waals surface area contributed by atoms with Gasteiger partial charge in [-0.2, -0.15) is 0 Å². The summed E-state index contributed by atoms with van der Waals surface area (Å²) in [5, 5.41) is 0.122. The van der Waals surface area contributed by atoms with Gasteiger partial charge in [0.15, 0.2) is 14.9 Å². The van der Waals surface area contributed by atoms with Gasteiger partial charge in [-0.05, 0) is 92.6 Å². The van der Waals surface area contributed by atoms with Gasteiger partial charge in [0.25, 0.3) is 0 Å². The Bertz CT molecular complexity index is 1310. The Morgan fingerprint density at radius 2 is 1.92 bits per heavy atom. The molecule has 8 heteroatoms. The predicted molar refractivity (Wildman–Crippen MR) is 144 cm³/mol. The lowest BCUT2D eigenvalue weighted by Gasteiger charge is -2.39. The molecule has 0 N–H and O–H groups in total. The lowest BCUT2D eigenvalue weighted by atomic mass is 9.75. The normalized spacial score (nSPS) is 20.1. The van der Waals surface area contributed by atoms with E-state index in [0.29, 0.717) is 25.0 Å². The summed E-state index contributed by atoms with van der Waals surface area (Å²) in [6.45, 7) is 2.70. The van der Waals surface area contributed by atoms with Crippen LogP contribution in [-0.2, 0) is 29.7 Å². The molecule has 2 atom stereocenters. The van der Waals surface area contributed by atoms with E-state index < -0.39 is 9.84 Å². The van der Waals surface area contributed by atoms with Crippen LogP contribution in [0.5, 0.6) is 11.5 Å². The Labute approximate surface area is 220 Å². The maximum absolute atomic E-state index is 12.5. The van der Waals surface area contributed by atoms with Gasteiger partial charge in [0.05, 0.1) is 25.8 Å². The van der Waals surface area contributed by atoms with Gasteiger partial charge >= 0.3 is 0 Å². The molecule has 1 fully saturated rings. The zero-order valence-electron chi connectivity index (χ0n) is 21.8. The highest BCUT2D eigenvalue weighted by Crippen LogP contribution is 2.40. The van der Waals surface area contributed by atoms with Crippen molar-refractivity contribution in [3.05, 3.63) is 71.7 Å². The van der Waals surface area contributed by atoms with Crippen LogP contribution in [0.15, 0.2) is 60.0 Å². The molecule has 3 aromatic rings. The Balaban J connectivity index is 1.31. The standard InChI is InChI=1S/C29H37N3O4S/c1-31-20-29(30-21-31)37(33,34)16-6-15-36-25-11-9-23-10-12-28(32-13-3-4-14-32)27(26(23)19-25)18-22-7-5-8-24(17-22)35-2/h5,7-9,11,17,19-21,27-28H,3-4,6,10,12-16,18H2,1-2H3. The minimum Gasteiger partial charge on any atom is -0.497 e. The lowest BCUT2D eigenvalue weighted by molar-refractivity contribution is 0.188. The molecular formula is C29H37N3O4S. The highest BCUT2D eigenvalue weighted by atomic mass is 32.2. The molecule has 7 nitrogen and oxygen atoms in total. The molecule has 0 bridgehead atoms. The first-order chi connectivity index (χ1) is 17.9.